The Morgan fingerprint density at radius 3 is 2.32 bits per heavy atom. The Labute approximate surface area is 123 Å². The fourth-order valence-corrected chi connectivity index (χ4v) is 2.68. The number of rotatable bonds is 6. The highest BCUT2D eigenvalue weighted by Gasteiger charge is 2.14. The Hall–Kier alpha value is -0.730. The van der Waals surface area contributed by atoms with Crippen molar-refractivity contribution < 1.29 is 0 Å². The third-order valence-corrected chi connectivity index (χ3v) is 4.09. The second kappa shape index (κ2) is 7.16. The Kier molecular flexibility index (Phi) is 6.15. The second-order valence-corrected chi connectivity index (χ2v) is 6.21. The maximum absolute atomic E-state index is 6.39. The third-order valence-electron chi connectivity index (χ3n) is 3.76. The molecule has 0 radical (unpaired) electrons. The van der Waals surface area contributed by atoms with Crippen molar-refractivity contribution in [2.45, 2.75) is 46.2 Å². The minimum absolute atomic E-state index is 0.278. The minimum atomic E-state index is 0.278. The molecule has 0 amide bonds. The van der Waals surface area contributed by atoms with Crippen LogP contribution < -0.4 is 10.2 Å². The summed E-state index contributed by atoms with van der Waals surface area (Å²) in [5.41, 5.74) is 2.34. The van der Waals surface area contributed by atoms with Crippen LogP contribution in [0.15, 0.2) is 18.2 Å². The molecule has 0 aliphatic heterocycles. The van der Waals surface area contributed by atoms with Crippen LogP contribution in [0, 0.1) is 5.92 Å². The molecule has 0 aliphatic rings. The molecule has 0 spiro atoms. The zero-order valence-corrected chi connectivity index (χ0v) is 13.8. The van der Waals surface area contributed by atoms with Crippen molar-refractivity contribution in [2.24, 2.45) is 5.92 Å². The first kappa shape index (κ1) is 16.3. The van der Waals surface area contributed by atoms with E-state index in [2.05, 4.69) is 63.2 Å². The van der Waals surface area contributed by atoms with Gasteiger partial charge in [0.05, 0.1) is 0 Å². The summed E-state index contributed by atoms with van der Waals surface area (Å²) in [4.78, 5) is 2.31. The van der Waals surface area contributed by atoms with Crippen LogP contribution in [0.2, 0.25) is 5.02 Å². The molecule has 0 aromatic heterocycles. The van der Waals surface area contributed by atoms with Crippen molar-refractivity contribution in [3.63, 3.8) is 0 Å². The van der Waals surface area contributed by atoms with Crippen LogP contribution in [0.25, 0.3) is 0 Å². The lowest BCUT2D eigenvalue weighted by Crippen LogP contribution is -2.30. The zero-order valence-electron chi connectivity index (χ0n) is 13.0. The maximum Gasteiger partial charge on any atom is 0.0474 e. The van der Waals surface area contributed by atoms with Gasteiger partial charge in [0.2, 0.25) is 0 Å². The Bertz CT molecular complexity index is 404. The van der Waals surface area contributed by atoms with E-state index in [-0.39, 0.29) is 6.04 Å². The van der Waals surface area contributed by atoms with E-state index in [4.69, 9.17) is 11.6 Å². The summed E-state index contributed by atoms with van der Waals surface area (Å²) in [6.07, 6.45) is 1.18. The smallest absolute Gasteiger partial charge is 0.0474 e. The van der Waals surface area contributed by atoms with Crippen LogP contribution in [0.5, 0.6) is 0 Å². The molecule has 1 rings (SSSR count). The van der Waals surface area contributed by atoms with E-state index in [1.807, 2.05) is 7.05 Å². The molecule has 3 heteroatoms. The summed E-state index contributed by atoms with van der Waals surface area (Å²) in [7, 11) is 4.09. The monoisotopic (exact) mass is 282 g/mol. The average molecular weight is 283 g/mol. The van der Waals surface area contributed by atoms with Gasteiger partial charge in [0.15, 0.2) is 0 Å². The molecule has 19 heavy (non-hydrogen) atoms. The number of nitrogens with one attached hydrogen (secondary N) is 1. The lowest BCUT2D eigenvalue weighted by atomic mass is 10.0. The van der Waals surface area contributed by atoms with Gasteiger partial charge in [0.25, 0.3) is 0 Å². The van der Waals surface area contributed by atoms with Crippen molar-refractivity contribution in [3.8, 4) is 0 Å². The molecule has 1 aromatic carbocycles. The van der Waals surface area contributed by atoms with Gasteiger partial charge in [-0.15, -0.1) is 0 Å². The van der Waals surface area contributed by atoms with Gasteiger partial charge in [-0.1, -0.05) is 31.5 Å². The topological polar surface area (TPSA) is 15.3 Å². The summed E-state index contributed by atoms with van der Waals surface area (Å²) in [5.74, 6) is 0.705. The van der Waals surface area contributed by atoms with E-state index in [1.54, 1.807) is 0 Å². The van der Waals surface area contributed by atoms with Gasteiger partial charge in [0, 0.05) is 29.8 Å². The van der Waals surface area contributed by atoms with Crippen LogP contribution in [0.3, 0.4) is 0 Å². The predicted octanol–water partition coefficient (Wildman–Crippen LogP) is 4.49. The van der Waals surface area contributed by atoms with Gasteiger partial charge < -0.3 is 10.2 Å². The fourth-order valence-electron chi connectivity index (χ4n) is 2.34. The highest BCUT2D eigenvalue weighted by Crippen LogP contribution is 2.28. The van der Waals surface area contributed by atoms with Crippen molar-refractivity contribution in [3.05, 3.63) is 28.8 Å². The Morgan fingerprint density at radius 1 is 1.21 bits per heavy atom. The standard InChI is InChI=1S/C16H27ClN2/c1-11(2)9-12(3)19(6)14-7-8-15(13(4)18-5)16(17)10-14/h7-8,10-13,18H,9H2,1-6H3. The van der Waals surface area contributed by atoms with Crippen LogP contribution in [-0.4, -0.2) is 20.1 Å². The lowest BCUT2D eigenvalue weighted by molar-refractivity contribution is 0.504. The molecule has 2 nitrogen and oxygen atoms in total. The van der Waals surface area contributed by atoms with Crippen LogP contribution in [0.1, 0.15) is 45.7 Å². The Morgan fingerprint density at radius 2 is 1.84 bits per heavy atom. The van der Waals surface area contributed by atoms with E-state index >= 15 is 0 Å². The van der Waals surface area contributed by atoms with Gasteiger partial charge >= 0.3 is 0 Å². The Balaban J connectivity index is 2.88. The third kappa shape index (κ3) is 4.39. The van der Waals surface area contributed by atoms with E-state index in [1.165, 1.54) is 12.1 Å². The molecule has 0 aliphatic carbocycles. The van der Waals surface area contributed by atoms with Crippen molar-refractivity contribution in [2.75, 3.05) is 19.0 Å². The van der Waals surface area contributed by atoms with Gasteiger partial charge in [-0.05, 0) is 50.9 Å². The highest BCUT2D eigenvalue weighted by molar-refractivity contribution is 6.31. The molecular weight excluding hydrogens is 256 g/mol. The van der Waals surface area contributed by atoms with Crippen molar-refractivity contribution in [1.29, 1.82) is 0 Å². The molecule has 0 bridgehead atoms. The predicted molar refractivity (Wildman–Crippen MR) is 86.2 cm³/mol. The van der Waals surface area contributed by atoms with Gasteiger partial charge in [0.1, 0.15) is 0 Å². The molecule has 108 valence electrons. The van der Waals surface area contributed by atoms with Gasteiger partial charge in [-0.3, -0.25) is 0 Å². The second-order valence-electron chi connectivity index (χ2n) is 5.81. The SMILES string of the molecule is CNC(C)c1ccc(N(C)C(C)CC(C)C)cc1Cl. The maximum atomic E-state index is 6.39. The number of halogens is 1. The first-order valence-electron chi connectivity index (χ1n) is 7.06. The highest BCUT2D eigenvalue weighted by atomic mass is 35.5. The first-order chi connectivity index (χ1) is 8.86. The van der Waals surface area contributed by atoms with Crippen LogP contribution in [-0.2, 0) is 0 Å². The number of hydrogen-bond donors (Lipinski definition) is 1. The normalized spacial score (nSPS) is 14.5. The van der Waals surface area contributed by atoms with E-state index in [9.17, 15) is 0 Å². The quantitative estimate of drug-likeness (QED) is 0.827. The fraction of sp³-hybridized carbons (Fsp3) is 0.625. The lowest BCUT2D eigenvalue weighted by Gasteiger charge is -2.29. The number of nitrogens with zero attached hydrogens (tertiary/aromatic N) is 1. The van der Waals surface area contributed by atoms with Crippen molar-refractivity contribution >= 4 is 17.3 Å². The van der Waals surface area contributed by atoms with Crippen molar-refractivity contribution in [1.82, 2.24) is 5.32 Å². The molecule has 0 fully saturated rings. The van der Waals surface area contributed by atoms with E-state index < -0.39 is 0 Å². The molecule has 1 aromatic rings. The van der Waals surface area contributed by atoms with Gasteiger partial charge in [-0.25, -0.2) is 0 Å². The molecule has 0 saturated carbocycles. The minimum Gasteiger partial charge on any atom is -0.372 e. The molecular formula is C16H27ClN2. The summed E-state index contributed by atoms with van der Waals surface area (Å²) in [6, 6.07) is 7.15. The summed E-state index contributed by atoms with van der Waals surface area (Å²) < 4.78 is 0. The average Bonchev–Trinajstić information content (AvgIpc) is 2.36. The van der Waals surface area contributed by atoms with Crippen LogP contribution in [0.4, 0.5) is 5.69 Å². The summed E-state index contributed by atoms with van der Waals surface area (Å²) >= 11 is 6.39. The molecule has 0 heterocycles. The number of hydrogen-bond acceptors (Lipinski definition) is 2. The molecule has 1 N–H and O–H groups in total. The largest absolute Gasteiger partial charge is 0.372 e. The first-order valence-corrected chi connectivity index (χ1v) is 7.44. The van der Waals surface area contributed by atoms with E-state index in [0.29, 0.717) is 12.0 Å². The summed E-state index contributed by atoms with van der Waals surface area (Å²) in [5, 5.41) is 4.06. The summed E-state index contributed by atoms with van der Waals surface area (Å²) in [6.45, 7) is 8.90. The zero-order chi connectivity index (χ0) is 14.6. The number of anilines is 1. The molecule has 2 atom stereocenters. The molecule has 2 unspecified atom stereocenters. The number of benzene rings is 1. The van der Waals surface area contributed by atoms with E-state index in [0.717, 1.165) is 10.6 Å². The van der Waals surface area contributed by atoms with Crippen LogP contribution >= 0.6 is 11.6 Å². The molecule has 0 saturated heterocycles. The van der Waals surface area contributed by atoms with Gasteiger partial charge in [-0.2, -0.15) is 0 Å².